The van der Waals surface area contributed by atoms with Gasteiger partial charge in [-0.25, -0.2) is 5.43 Å². The van der Waals surface area contributed by atoms with Crippen molar-refractivity contribution >= 4 is 28.6 Å². The summed E-state index contributed by atoms with van der Waals surface area (Å²) in [5, 5.41) is 26.1. The van der Waals surface area contributed by atoms with Gasteiger partial charge in [-0.3, -0.25) is 14.9 Å². The van der Waals surface area contributed by atoms with Crippen LogP contribution in [0.3, 0.4) is 0 Å². The van der Waals surface area contributed by atoms with Crippen LogP contribution in [0.5, 0.6) is 5.75 Å². The summed E-state index contributed by atoms with van der Waals surface area (Å²) < 4.78 is 0. The van der Waals surface area contributed by atoms with Crippen LogP contribution in [0.1, 0.15) is 15.9 Å². The minimum absolute atomic E-state index is 0.132. The molecule has 0 fully saturated rings. The maximum absolute atomic E-state index is 12.1. The lowest BCUT2D eigenvalue weighted by Gasteiger charge is -2.03. The maximum Gasteiger partial charge on any atom is 0.271 e. The Morgan fingerprint density at radius 3 is 2.60 bits per heavy atom. The fraction of sp³-hybridized carbons (Fsp3) is 0. The molecule has 3 rings (SSSR count). The number of fused-ring (bicyclic) bond motifs is 1. The average Bonchev–Trinajstić information content (AvgIpc) is 2.62. The molecular weight excluding hydrogens is 322 g/mol. The minimum Gasteiger partial charge on any atom is -0.507 e. The van der Waals surface area contributed by atoms with Crippen LogP contribution < -0.4 is 5.43 Å². The number of phenols is 1. The van der Waals surface area contributed by atoms with Gasteiger partial charge < -0.3 is 5.11 Å². The highest BCUT2D eigenvalue weighted by molar-refractivity contribution is 5.99. The van der Waals surface area contributed by atoms with Gasteiger partial charge in [0, 0.05) is 23.3 Å². The fourth-order valence-corrected chi connectivity index (χ4v) is 2.31. The number of amides is 1. The van der Waals surface area contributed by atoms with Gasteiger partial charge in [0.15, 0.2) is 0 Å². The molecule has 0 radical (unpaired) electrons. The zero-order valence-electron chi connectivity index (χ0n) is 12.9. The van der Waals surface area contributed by atoms with Gasteiger partial charge in [-0.15, -0.1) is 0 Å². The second-order valence-corrected chi connectivity index (χ2v) is 5.26. The SMILES string of the molecule is O=C(NN=Cc1cc([N+](=O)[O-])ccc1O)c1ccc2ccccc2c1. The van der Waals surface area contributed by atoms with E-state index in [1.165, 1.54) is 18.2 Å². The first-order valence-corrected chi connectivity index (χ1v) is 7.34. The standard InChI is InChI=1S/C18H13N3O4/c22-17-8-7-16(21(24)25)10-15(17)11-19-20-18(23)14-6-5-12-3-1-2-4-13(12)9-14/h1-11,22H,(H,20,23). The summed E-state index contributed by atoms with van der Waals surface area (Å²) in [5.41, 5.74) is 2.72. The van der Waals surface area contributed by atoms with E-state index in [0.717, 1.165) is 17.0 Å². The van der Waals surface area contributed by atoms with E-state index in [9.17, 15) is 20.0 Å². The van der Waals surface area contributed by atoms with Crippen LogP contribution in [0, 0.1) is 10.1 Å². The van der Waals surface area contributed by atoms with Crippen LogP contribution in [-0.2, 0) is 0 Å². The number of nitro benzene ring substituents is 1. The lowest BCUT2D eigenvalue weighted by molar-refractivity contribution is -0.384. The van der Waals surface area contributed by atoms with E-state index in [4.69, 9.17) is 0 Å². The highest BCUT2D eigenvalue weighted by atomic mass is 16.6. The first kappa shape index (κ1) is 16.1. The smallest absolute Gasteiger partial charge is 0.271 e. The predicted octanol–water partition coefficient (Wildman–Crippen LogP) is 3.22. The molecule has 2 N–H and O–H groups in total. The second kappa shape index (κ2) is 6.79. The maximum atomic E-state index is 12.1. The number of carbonyl (C=O) groups excluding carboxylic acids is 1. The molecule has 0 aliphatic heterocycles. The fourth-order valence-electron chi connectivity index (χ4n) is 2.31. The van der Waals surface area contributed by atoms with Crippen LogP contribution in [0.2, 0.25) is 0 Å². The van der Waals surface area contributed by atoms with E-state index in [1.807, 2.05) is 30.3 Å². The van der Waals surface area contributed by atoms with Crippen molar-refractivity contribution in [3.63, 3.8) is 0 Å². The molecule has 0 heterocycles. The number of rotatable bonds is 4. The van der Waals surface area contributed by atoms with Gasteiger partial charge in [-0.1, -0.05) is 30.3 Å². The van der Waals surface area contributed by atoms with Gasteiger partial charge in [0.05, 0.1) is 11.1 Å². The number of hydrogen-bond acceptors (Lipinski definition) is 5. The van der Waals surface area contributed by atoms with Gasteiger partial charge >= 0.3 is 0 Å². The Balaban J connectivity index is 1.76. The van der Waals surface area contributed by atoms with Gasteiger partial charge in [0.25, 0.3) is 11.6 Å². The molecule has 0 saturated carbocycles. The van der Waals surface area contributed by atoms with Crippen molar-refractivity contribution in [1.29, 1.82) is 0 Å². The Labute approximate surface area is 142 Å². The van der Waals surface area contributed by atoms with E-state index in [0.29, 0.717) is 5.56 Å². The number of non-ortho nitro benzene ring substituents is 1. The number of carbonyl (C=O) groups is 1. The third kappa shape index (κ3) is 3.61. The number of nitro groups is 1. The molecule has 3 aromatic carbocycles. The number of benzene rings is 3. The van der Waals surface area contributed by atoms with Crippen LogP contribution in [0.25, 0.3) is 10.8 Å². The van der Waals surface area contributed by atoms with Gasteiger partial charge in [0.2, 0.25) is 0 Å². The largest absolute Gasteiger partial charge is 0.507 e. The van der Waals surface area contributed by atoms with Gasteiger partial charge in [0.1, 0.15) is 5.75 Å². The van der Waals surface area contributed by atoms with Crippen molar-refractivity contribution in [2.24, 2.45) is 5.10 Å². The van der Waals surface area contributed by atoms with Crippen molar-refractivity contribution < 1.29 is 14.8 Å². The highest BCUT2D eigenvalue weighted by Crippen LogP contribution is 2.21. The number of aromatic hydroxyl groups is 1. The lowest BCUT2D eigenvalue weighted by Crippen LogP contribution is -2.17. The Morgan fingerprint density at radius 2 is 1.84 bits per heavy atom. The third-order valence-electron chi connectivity index (χ3n) is 3.60. The van der Waals surface area contributed by atoms with E-state index in [2.05, 4.69) is 10.5 Å². The zero-order valence-corrected chi connectivity index (χ0v) is 12.9. The van der Waals surface area contributed by atoms with Gasteiger partial charge in [-0.2, -0.15) is 5.10 Å². The second-order valence-electron chi connectivity index (χ2n) is 5.26. The molecule has 0 aromatic heterocycles. The van der Waals surface area contributed by atoms with Crippen LogP contribution >= 0.6 is 0 Å². The monoisotopic (exact) mass is 335 g/mol. The summed E-state index contributed by atoms with van der Waals surface area (Å²) in [5.74, 6) is -0.596. The molecule has 0 atom stereocenters. The predicted molar refractivity (Wildman–Crippen MR) is 93.8 cm³/mol. The highest BCUT2D eigenvalue weighted by Gasteiger charge is 2.09. The number of phenolic OH excluding ortho intramolecular Hbond substituents is 1. The summed E-state index contributed by atoms with van der Waals surface area (Å²) >= 11 is 0. The quantitative estimate of drug-likeness (QED) is 0.434. The number of nitrogens with zero attached hydrogens (tertiary/aromatic N) is 2. The molecule has 0 saturated heterocycles. The number of nitrogens with one attached hydrogen (secondary N) is 1. The summed E-state index contributed by atoms with van der Waals surface area (Å²) in [6, 6.07) is 16.4. The van der Waals surface area contributed by atoms with E-state index in [-0.39, 0.29) is 17.0 Å². The molecule has 0 aliphatic rings. The summed E-state index contributed by atoms with van der Waals surface area (Å²) in [7, 11) is 0. The molecular formula is C18H13N3O4. The molecule has 3 aromatic rings. The molecule has 25 heavy (non-hydrogen) atoms. The van der Waals surface area contributed by atoms with Crippen molar-refractivity contribution in [2.45, 2.75) is 0 Å². The Bertz CT molecular complexity index is 999. The molecule has 0 unspecified atom stereocenters. The first-order valence-electron chi connectivity index (χ1n) is 7.34. The number of hydrazone groups is 1. The van der Waals surface area contributed by atoms with Crippen LogP contribution in [-0.4, -0.2) is 22.2 Å². The Kier molecular flexibility index (Phi) is 4.38. The minimum atomic E-state index is -0.579. The third-order valence-corrected chi connectivity index (χ3v) is 3.60. The molecule has 7 nitrogen and oxygen atoms in total. The molecule has 1 amide bonds. The molecule has 124 valence electrons. The van der Waals surface area contributed by atoms with Gasteiger partial charge in [-0.05, 0) is 29.0 Å². The van der Waals surface area contributed by atoms with E-state index >= 15 is 0 Å². The first-order chi connectivity index (χ1) is 12.0. The average molecular weight is 335 g/mol. The van der Waals surface area contributed by atoms with Crippen molar-refractivity contribution in [1.82, 2.24) is 5.43 Å². The van der Waals surface area contributed by atoms with Crippen LogP contribution in [0.4, 0.5) is 5.69 Å². The number of hydrogen-bond donors (Lipinski definition) is 2. The van der Waals surface area contributed by atoms with Crippen LogP contribution in [0.15, 0.2) is 65.8 Å². The van der Waals surface area contributed by atoms with Crippen molar-refractivity contribution in [2.75, 3.05) is 0 Å². The topological polar surface area (TPSA) is 105 Å². The lowest BCUT2D eigenvalue weighted by atomic mass is 10.1. The van der Waals surface area contributed by atoms with E-state index in [1.54, 1.807) is 12.1 Å². The summed E-state index contributed by atoms with van der Waals surface area (Å²) in [6.07, 6.45) is 1.15. The summed E-state index contributed by atoms with van der Waals surface area (Å²) in [4.78, 5) is 22.3. The molecule has 0 spiro atoms. The molecule has 0 aliphatic carbocycles. The normalized spacial score (nSPS) is 10.9. The van der Waals surface area contributed by atoms with Crippen molar-refractivity contribution in [3.05, 3.63) is 81.9 Å². The Morgan fingerprint density at radius 1 is 1.08 bits per heavy atom. The summed E-state index contributed by atoms with van der Waals surface area (Å²) in [6.45, 7) is 0. The van der Waals surface area contributed by atoms with E-state index < -0.39 is 10.8 Å². The zero-order chi connectivity index (χ0) is 17.8. The Hall–Kier alpha value is -3.74. The molecule has 0 bridgehead atoms. The molecule has 7 heteroatoms. The van der Waals surface area contributed by atoms with Crippen molar-refractivity contribution in [3.8, 4) is 5.75 Å².